The van der Waals surface area contributed by atoms with Crippen LogP contribution in [0.3, 0.4) is 0 Å². The van der Waals surface area contributed by atoms with E-state index in [0.29, 0.717) is 30.1 Å². The van der Waals surface area contributed by atoms with E-state index < -0.39 is 5.92 Å². The molecule has 1 aromatic carbocycles. The summed E-state index contributed by atoms with van der Waals surface area (Å²) in [7, 11) is 0. The number of aromatic amines is 1. The maximum atomic E-state index is 13.5. The molecule has 2 aromatic rings. The Morgan fingerprint density at radius 1 is 1.28 bits per heavy atom. The van der Waals surface area contributed by atoms with Crippen LogP contribution in [0.1, 0.15) is 49.5 Å². The van der Waals surface area contributed by atoms with Crippen LogP contribution in [-0.2, 0) is 0 Å². The summed E-state index contributed by atoms with van der Waals surface area (Å²) >= 11 is 6.18. The van der Waals surface area contributed by atoms with Crippen molar-refractivity contribution in [2.45, 2.75) is 51.0 Å². The minimum absolute atomic E-state index is 0.0566. The number of aromatic nitrogens is 1. The number of alkyl halides is 2. The summed E-state index contributed by atoms with van der Waals surface area (Å²) in [6.45, 7) is 2.57. The molecule has 1 aromatic heterocycles. The third-order valence-electron chi connectivity index (χ3n) is 5.91. The molecule has 1 unspecified atom stereocenters. The van der Waals surface area contributed by atoms with E-state index in [2.05, 4.69) is 4.98 Å². The van der Waals surface area contributed by atoms with Crippen molar-refractivity contribution >= 4 is 28.4 Å². The maximum Gasteiger partial charge on any atom is 0.270 e. The van der Waals surface area contributed by atoms with Crippen LogP contribution in [0.5, 0.6) is 0 Å². The molecule has 1 spiro atoms. The van der Waals surface area contributed by atoms with Crippen molar-refractivity contribution in [3.63, 3.8) is 0 Å². The first-order chi connectivity index (χ1) is 11.8. The molecular weight excluding hydrogens is 346 g/mol. The quantitative estimate of drug-likeness (QED) is 0.735. The zero-order chi connectivity index (χ0) is 17.8. The highest BCUT2D eigenvalue weighted by atomic mass is 35.5. The second-order valence-electron chi connectivity index (χ2n) is 7.73. The molecule has 4 rings (SSSR count). The number of fused-ring (bicyclic) bond motifs is 1. The zero-order valence-electron chi connectivity index (χ0n) is 14.1. The fraction of sp³-hybridized carbons (Fsp3) is 0.526. The molecule has 0 radical (unpaired) electrons. The van der Waals surface area contributed by atoms with E-state index in [0.717, 1.165) is 17.3 Å². The van der Waals surface area contributed by atoms with E-state index >= 15 is 0 Å². The average molecular weight is 367 g/mol. The second-order valence-corrected chi connectivity index (χ2v) is 8.14. The molecule has 134 valence electrons. The van der Waals surface area contributed by atoms with Gasteiger partial charge >= 0.3 is 0 Å². The number of hydrogen-bond acceptors (Lipinski definition) is 1. The Morgan fingerprint density at radius 3 is 2.68 bits per heavy atom. The molecule has 2 heterocycles. The minimum Gasteiger partial charge on any atom is -0.349 e. The number of likely N-dealkylation sites (tertiary alicyclic amines) is 1. The lowest BCUT2D eigenvalue weighted by atomic mass is 9.71. The molecule has 2 fully saturated rings. The lowest BCUT2D eigenvalue weighted by molar-refractivity contribution is -0.0644. The number of rotatable bonds is 1. The van der Waals surface area contributed by atoms with Gasteiger partial charge in [-0.15, -0.1) is 0 Å². The van der Waals surface area contributed by atoms with Crippen molar-refractivity contribution in [3.8, 4) is 0 Å². The third-order valence-corrected chi connectivity index (χ3v) is 6.22. The predicted molar refractivity (Wildman–Crippen MR) is 94.3 cm³/mol. The molecule has 1 atom stereocenters. The smallest absolute Gasteiger partial charge is 0.270 e. The summed E-state index contributed by atoms with van der Waals surface area (Å²) in [6, 6.07) is 7.41. The average Bonchev–Trinajstić information content (AvgIpc) is 3.13. The number of amides is 1. The Bertz CT molecular complexity index is 822. The molecule has 1 saturated heterocycles. The molecule has 6 heteroatoms. The first kappa shape index (κ1) is 16.8. The highest BCUT2D eigenvalue weighted by Gasteiger charge is 2.49. The highest BCUT2D eigenvalue weighted by molar-refractivity contribution is 6.35. The zero-order valence-corrected chi connectivity index (χ0v) is 14.9. The number of nitrogens with zero attached hydrogens (tertiary/aromatic N) is 1. The molecule has 1 N–H and O–H groups in total. The molecule has 0 bridgehead atoms. The SMILES string of the molecule is CC1CC2(CCC(F)(F)CC2)CN1C(=O)c1cc2cccc(Cl)c2[nH]1. The van der Waals surface area contributed by atoms with E-state index in [1.54, 1.807) is 6.07 Å². The highest BCUT2D eigenvalue weighted by Crippen LogP contribution is 2.50. The summed E-state index contributed by atoms with van der Waals surface area (Å²) in [5, 5.41) is 1.48. The number of H-pyrrole nitrogens is 1. The van der Waals surface area contributed by atoms with Gasteiger partial charge in [0, 0.05) is 30.8 Å². The summed E-state index contributed by atoms with van der Waals surface area (Å²) in [4.78, 5) is 18.0. The first-order valence-electron chi connectivity index (χ1n) is 8.75. The normalized spacial score (nSPS) is 25.0. The van der Waals surface area contributed by atoms with Gasteiger partial charge in [0.2, 0.25) is 5.92 Å². The van der Waals surface area contributed by atoms with Crippen molar-refractivity contribution in [3.05, 3.63) is 35.0 Å². The molecule has 3 nitrogen and oxygen atoms in total. The molecular formula is C19H21ClF2N2O. The van der Waals surface area contributed by atoms with Crippen LogP contribution in [-0.4, -0.2) is 34.3 Å². The Balaban J connectivity index is 1.57. The van der Waals surface area contributed by atoms with Crippen LogP contribution in [0.15, 0.2) is 24.3 Å². The van der Waals surface area contributed by atoms with E-state index in [1.807, 2.05) is 30.0 Å². The number of carbonyl (C=O) groups excluding carboxylic acids is 1. The van der Waals surface area contributed by atoms with Crippen LogP contribution in [0.2, 0.25) is 5.02 Å². The topological polar surface area (TPSA) is 36.1 Å². The van der Waals surface area contributed by atoms with Gasteiger partial charge in [-0.25, -0.2) is 8.78 Å². The Morgan fingerprint density at radius 2 is 2.00 bits per heavy atom. The van der Waals surface area contributed by atoms with Crippen LogP contribution < -0.4 is 0 Å². The largest absolute Gasteiger partial charge is 0.349 e. The molecule has 1 aliphatic carbocycles. The van der Waals surface area contributed by atoms with E-state index in [1.165, 1.54) is 0 Å². The lowest BCUT2D eigenvalue weighted by Crippen LogP contribution is -2.38. The number of hydrogen-bond donors (Lipinski definition) is 1. The summed E-state index contributed by atoms with van der Waals surface area (Å²) in [5.74, 6) is -2.62. The Labute approximate surface area is 150 Å². The summed E-state index contributed by atoms with van der Waals surface area (Å²) in [6.07, 6.45) is 1.66. The van der Waals surface area contributed by atoms with Gasteiger partial charge in [-0.1, -0.05) is 23.7 Å². The molecule has 2 aliphatic rings. The van der Waals surface area contributed by atoms with Crippen LogP contribution in [0, 0.1) is 5.41 Å². The van der Waals surface area contributed by atoms with Crippen LogP contribution >= 0.6 is 11.6 Å². The van der Waals surface area contributed by atoms with Crippen molar-refractivity contribution in [2.75, 3.05) is 6.54 Å². The van der Waals surface area contributed by atoms with Gasteiger partial charge < -0.3 is 9.88 Å². The van der Waals surface area contributed by atoms with Gasteiger partial charge in [0.25, 0.3) is 5.91 Å². The van der Waals surface area contributed by atoms with Crippen molar-refractivity contribution < 1.29 is 13.6 Å². The second kappa shape index (κ2) is 5.70. The van der Waals surface area contributed by atoms with Crippen molar-refractivity contribution in [1.82, 2.24) is 9.88 Å². The van der Waals surface area contributed by atoms with Crippen LogP contribution in [0.4, 0.5) is 8.78 Å². The lowest BCUT2D eigenvalue weighted by Gasteiger charge is -2.36. The number of carbonyl (C=O) groups is 1. The molecule has 1 aliphatic heterocycles. The fourth-order valence-corrected chi connectivity index (χ4v) is 4.72. The third kappa shape index (κ3) is 2.92. The summed E-state index contributed by atoms with van der Waals surface area (Å²) < 4.78 is 27.0. The van der Waals surface area contributed by atoms with Gasteiger partial charge in [-0.2, -0.15) is 0 Å². The van der Waals surface area contributed by atoms with Gasteiger partial charge in [0.15, 0.2) is 0 Å². The fourth-order valence-electron chi connectivity index (χ4n) is 4.49. The van der Waals surface area contributed by atoms with Gasteiger partial charge in [0.1, 0.15) is 5.69 Å². The number of para-hydroxylation sites is 1. The predicted octanol–water partition coefficient (Wildman–Crippen LogP) is 5.25. The number of benzene rings is 1. The van der Waals surface area contributed by atoms with Crippen LogP contribution in [0.25, 0.3) is 10.9 Å². The van der Waals surface area contributed by atoms with Gasteiger partial charge in [-0.3, -0.25) is 4.79 Å². The first-order valence-corrected chi connectivity index (χ1v) is 9.13. The van der Waals surface area contributed by atoms with Gasteiger partial charge in [-0.05, 0) is 43.7 Å². The minimum atomic E-state index is -2.54. The standard InChI is InChI=1S/C19H21ClF2N2O/c1-12-10-18(5-7-19(21,22)8-6-18)11-24(12)17(25)15-9-13-3-2-4-14(20)16(13)23-15/h2-4,9,12,23H,5-8,10-11H2,1H3. The van der Waals surface area contributed by atoms with Gasteiger partial charge in [0.05, 0.1) is 10.5 Å². The van der Waals surface area contributed by atoms with E-state index in [4.69, 9.17) is 11.6 Å². The Hall–Kier alpha value is -1.62. The van der Waals surface area contributed by atoms with E-state index in [9.17, 15) is 13.6 Å². The molecule has 1 saturated carbocycles. The van der Waals surface area contributed by atoms with Crippen molar-refractivity contribution in [2.24, 2.45) is 5.41 Å². The summed E-state index contributed by atoms with van der Waals surface area (Å²) in [5.41, 5.74) is 1.11. The van der Waals surface area contributed by atoms with Crippen molar-refractivity contribution in [1.29, 1.82) is 0 Å². The Kier molecular flexibility index (Phi) is 3.83. The molecule has 25 heavy (non-hydrogen) atoms. The monoisotopic (exact) mass is 366 g/mol. The van der Waals surface area contributed by atoms with E-state index in [-0.39, 0.29) is 30.2 Å². The maximum absolute atomic E-state index is 13.5. The number of halogens is 3. The number of nitrogens with one attached hydrogen (secondary N) is 1. The molecule has 1 amide bonds.